The molecule has 0 aromatic carbocycles. The fourth-order valence-corrected chi connectivity index (χ4v) is 4.57. The van der Waals surface area contributed by atoms with E-state index in [0.29, 0.717) is 0 Å². The Morgan fingerprint density at radius 2 is 1.06 bits per heavy atom. The maximum atomic E-state index is 2.43. The van der Waals surface area contributed by atoms with E-state index in [1.807, 2.05) is 0 Å². The van der Waals surface area contributed by atoms with Crippen molar-refractivity contribution >= 4 is 0 Å². The van der Waals surface area contributed by atoms with E-state index in [1.165, 1.54) is 11.1 Å². The highest BCUT2D eigenvalue weighted by Gasteiger charge is 2.47. The van der Waals surface area contributed by atoms with Gasteiger partial charge in [-0.05, 0) is 37.8 Å². The highest BCUT2D eigenvalue weighted by molar-refractivity contribution is 5.63. The summed E-state index contributed by atoms with van der Waals surface area (Å²) in [6, 6.07) is 0. The molecule has 0 heterocycles. The van der Waals surface area contributed by atoms with E-state index in [0.717, 1.165) is 12.8 Å². The summed E-state index contributed by atoms with van der Waals surface area (Å²) in [5, 5.41) is 0. The molecule has 0 bridgehead atoms. The van der Waals surface area contributed by atoms with Crippen LogP contribution in [0.3, 0.4) is 0 Å². The Hall–Kier alpha value is -1.04. The van der Waals surface area contributed by atoms with Crippen LogP contribution < -0.4 is 0 Å². The van der Waals surface area contributed by atoms with Crippen LogP contribution in [0.1, 0.15) is 54.4 Å². The molecule has 0 saturated carbocycles. The zero-order chi connectivity index (χ0) is 13.3. The van der Waals surface area contributed by atoms with Crippen LogP contribution in [-0.4, -0.2) is 0 Å². The predicted molar refractivity (Wildman–Crippen MR) is 78.4 cm³/mol. The van der Waals surface area contributed by atoms with Crippen LogP contribution in [0.5, 0.6) is 0 Å². The molecule has 0 amide bonds. The SMILES string of the molecule is CC1=CCC2=C1C(C)(C)C1=C(C(C)=CC1)C2(C)C. The Labute approximate surface area is 111 Å². The second kappa shape index (κ2) is 3.29. The van der Waals surface area contributed by atoms with Gasteiger partial charge in [0.05, 0.1) is 0 Å². The van der Waals surface area contributed by atoms with Crippen LogP contribution in [0.25, 0.3) is 0 Å². The molecule has 0 aromatic heterocycles. The van der Waals surface area contributed by atoms with Crippen LogP contribution >= 0.6 is 0 Å². The molecule has 0 aliphatic heterocycles. The molecule has 18 heavy (non-hydrogen) atoms. The van der Waals surface area contributed by atoms with Gasteiger partial charge >= 0.3 is 0 Å². The van der Waals surface area contributed by atoms with E-state index >= 15 is 0 Å². The van der Waals surface area contributed by atoms with Crippen molar-refractivity contribution in [3.8, 4) is 0 Å². The predicted octanol–water partition coefficient (Wildman–Crippen LogP) is 5.35. The van der Waals surface area contributed by atoms with Crippen molar-refractivity contribution in [1.29, 1.82) is 0 Å². The summed E-state index contributed by atoms with van der Waals surface area (Å²) in [7, 11) is 0. The largest absolute Gasteiger partial charge is 0.0772 e. The van der Waals surface area contributed by atoms with Crippen molar-refractivity contribution in [2.75, 3.05) is 0 Å². The van der Waals surface area contributed by atoms with E-state index in [1.54, 1.807) is 22.3 Å². The first-order valence-electron chi connectivity index (χ1n) is 7.10. The zero-order valence-corrected chi connectivity index (χ0v) is 12.6. The van der Waals surface area contributed by atoms with Crippen LogP contribution in [-0.2, 0) is 0 Å². The number of rotatable bonds is 0. The molecule has 0 nitrogen and oxygen atoms in total. The molecule has 0 heteroatoms. The molecular formula is C18H24. The molecule has 96 valence electrons. The Kier molecular flexibility index (Phi) is 2.20. The molecule has 0 atom stereocenters. The average Bonchev–Trinajstić information content (AvgIpc) is 2.81. The van der Waals surface area contributed by atoms with Gasteiger partial charge in [0, 0.05) is 10.8 Å². The molecule has 0 fully saturated rings. The summed E-state index contributed by atoms with van der Waals surface area (Å²) in [4.78, 5) is 0. The highest BCUT2D eigenvalue weighted by atomic mass is 14.5. The summed E-state index contributed by atoms with van der Waals surface area (Å²) in [6.45, 7) is 14.3. The molecule has 0 saturated heterocycles. The molecule has 0 N–H and O–H groups in total. The van der Waals surface area contributed by atoms with Crippen LogP contribution in [0.4, 0.5) is 0 Å². The summed E-state index contributed by atoms with van der Waals surface area (Å²) in [5.41, 5.74) is 10.1. The topological polar surface area (TPSA) is 0 Å². The second-order valence-electron chi connectivity index (χ2n) is 7.14. The minimum atomic E-state index is 0.228. The van der Waals surface area contributed by atoms with Gasteiger partial charge in [-0.3, -0.25) is 0 Å². The lowest BCUT2D eigenvalue weighted by molar-refractivity contribution is 0.433. The van der Waals surface area contributed by atoms with E-state index < -0.39 is 0 Å². The number of hydrogen-bond donors (Lipinski definition) is 0. The molecule has 3 aliphatic carbocycles. The van der Waals surface area contributed by atoms with Gasteiger partial charge in [0.1, 0.15) is 0 Å². The average molecular weight is 240 g/mol. The van der Waals surface area contributed by atoms with E-state index in [9.17, 15) is 0 Å². The Morgan fingerprint density at radius 3 is 1.39 bits per heavy atom. The van der Waals surface area contributed by atoms with Crippen LogP contribution in [0.15, 0.2) is 45.6 Å². The Balaban J connectivity index is 2.28. The third-order valence-corrected chi connectivity index (χ3v) is 5.38. The first-order valence-corrected chi connectivity index (χ1v) is 7.10. The minimum Gasteiger partial charge on any atom is -0.0772 e. The first-order chi connectivity index (χ1) is 8.28. The van der Waals surface area contributed by atoms with Gasteiger partial charge in [0.25, 0.3) is 0 Å². The van der Waals surface area contributed by atoms with E-state index in [4.69, 9.17) is 0 Å². The van der Waals surface area contributed by atoms with Crippen molar-refractivity contribution in [2.45, 2.75) is 54.4 Å². The van der Waals surface area contributed by atoms with E-state index in [2.05, 4.69) is 53.7 Å². The fourth-order valence-electron chi connectivity index (χ4n) is 4.57. The number of allylic oxidation sites excluding steroid dienone is 8. The van der Waals surface area contributed by atoms with Crippen molar-refractivity contribution in [3.63, 3.8) is 0 Å². The van der Waals surface area contributed by atoms with Crippen molar-refractivity contribution in [3.05, 3.63) is 45.6 Å². The van der Waals surface area contributed by atoms with Crippen LogP contribution in [0, 0.1) is 10.8 Å². The lowest BCUT2D eigenvalue weighted by Crippen LogP contribution is -2.32. The van der Waals surface area contributed by atoms with Gasteiger partial charge < -0.3 is 0 Å². The minimum absolute atomic E-state index is 0.228. The van der Waals surface area contributed by atoms with Gasteiger partial charge in [0.2, 0.25) is 0 Å². The normalized spacial score (nSPS) is 28.1. The van der Waals surface area contributed by atoms with Gasteiger partial charge in [-0.25, -0.2) is 0 Å². The monoisotopic (exact) mass is 240 g/mol. The molecule has 0 radical (unpaired) electrons. The zero-order valence-electron chi connectivity index (χ0n) is 12.6. The third-order valence-electron chi connectivity index (χ3n) is 5.38. The molecule has 0 unspecified atom stereocenters. The van der Waals surface area contributed by atoms with Gasteiger partial charge in [-0.15, -0.1) is 0 Å². The van der Waals surface area contributed by atoms with E-state index in [-0.39, 0.29) is 10.8 Å². The first kappa shape index (κ1) is 12.0. The lowest BCUT2D eigenvalue weighted by Gasteiger charge is -2.44. The molecule has 0 aromatic rings. The van der Waals surface area contributed by atoms with Gasteiger partial charge in [-0.2, -0.15) is 0 Å². The second-order valence-corrected chi connectivity index (χ2v) is 7.14. The summed E-state index contributed by atoms with van der Waals surface area (Å²) in [5.74, 6) is 0. The molecule has 0 spiro atoms. The standard InChI is InChI=1S/C18H24/c1-11-7-9-13-15(11)17(3,4)14-10-8-12(2)16(14)18(13,5)6/h7-8H,9-10H2,1-6H3. The number of hydrogen-bond acceptors (Lipinski definition) is 0. The Bertz CT molecular complexity index is 505. The molecular weight excluding hydrogens is 216 g/mol. The third kappa shape index (κ3) is 1.22. The van der Waals surface area contributed by atoms with Crippen LogP contribution in [0.2, 0.25) is 0 Å². The summed E-state index contributed by atoms with van der Waals surface area (Å²) in [6.07, 6.45) is 7.16. The molecule has 3 rings (SSSR count). The van der Waals surface area contributed by atoms with Crippen molar-refractivity contribution in [2.24, 2.45) is 10.8 Å². The maximum Gasteiger partial charge on any atom is 0.0117 e. The summed E-state index contributed by atoms with van der Waals surface area (Å²) < 4.78 is 0. The lowest BCUT2D eigenvalue weighted by atomic mass is 9.59. The quantitative estimate of drug-likeness (QED) is 0.535. The summed E-state index contributed by atoms with van der Waals surface area (Å²) >= 11 is 0. The fraction of sp³-hybridized carbons (Fsp3) is 0.556. The van der Waals surface area contributed by atoms with Crippen molar-refractivity contribution in [1.82, 2.24) is 0 Å². The molecule has 3 aliphatic rings. The Morgan fingerprint density at radius 1 is 0.722 bits per heavy atom. The van der Waals surface area contributed by atoms with Crippen molar-refractivity contribution < 1.29 is 0 Å². The van der Waals surface area contributed by atoms with Gasteiger partial charge in [-0.1, -0.05) is 62.1 Å². The maximum absolute atomic E-state index is 2.43. The van der Waals surface area contributed by atoms with Gasteiger partial charge in [0.15, 0.2) is 0 Å². The smallest absolute Gasteiger partial charge is 0.0117 e. The highest BCUT2D eigenvalue weighted by Crippen LogP contribution is 2.61.